The summed E-state index contributed by atoms with van der Waals surface area (Å²) in [6.07, 6.45) is 4.64. The molecule has 0 saturated carbocycles. The van der Waals surface area contributed by atoms with Gasteiger partial charge in [-0.15, -0.1) is 11.3 Å². The molecule has 8 heteroatoms. The van der Waals surface area contributed by atoms with Crippen LogP contribution in [0.15, 0.2) is 5.16 Å². The van der Waals surface area contributed by atoms with Gasteiger partial charge in [-0.05, 0) is 31.2 Å². The van der Waals surface area contributed by atoms with Crippen LogP contribution in [0, 0.1) is 0 Å². The second kappa shape index (κ2) is 6.85. The van der Waals surface area contributed by atoms with Crippen molar-refractivity contribution in [3.8, 4) is 0 Å². The van der Waals surface area contributed by atoms with Crippen molar-refractivity contribution < 1.29 is 9.53 Å². The Bertz CT molecular complexity index is 771. The largest absolute Gasteiger partial charge is 0.383 e. The molecule has 2 aromatic heterocycles. The van der Waals surface area contributed by atoms with Gasteiger partial charge in [0.15, 0.2) is 5.16 Å². The van der Waals surface area contributed by atoms with Crippen LogP contribution >= 0.6 is 23.1 Å². The fourth-order valence-corrected chi connectivity index (χ4v) is 5.34. The monoisotopic (exact) mass is 364 g/mol. The molecular formula is C16H20N4O2S2. The lowest BCUT2D eigenvalue weighted by atomic mass is 9.97. The minimum absolute atomic E-state index is 0.107. The van der Waals surface area contributed by atoms with Gasteiger partial charge >= 0.3 is 0 Å². The van der Waals surface area contributed by atoms with Crippen LogP contribution in [0.25, 0.3) is 10.2 Å². The van der Waals surface area contributed by atoms with Gasteiger partial charge in [0.1, 0.15) is 10.6 Å². The fourth-order valence-electron chi connectivity index (χ4n) is 3.26. The van der Waals surface area contributed by atoms with E-state index in [9.17, 15) is 4.79 Å². The van der Waals surface area contributed by atoms with Crippen molar-refractivity contribution in [2.24, 2.45) is 0 Å². The first kappa shape index (κ1) is 16.1. The number of hydrogen-bond donors (Lipinski definition) is 1. The number of carbonyl (C=O) groups is 1. The molecule has 1 amide bonds. The number of aromatic nitrogens is 2. The maximum atomic E-state index is 12.2. The molecule has 1 saturated heterocycles. The summed E-state index contributed by atoms with van der Waals surface area (Å²) in [6, 6.07) is 0. The Kier molecular flexibility index (Phi) is 4.60. The number of hydrogen-bond acceptors (Lipinski definition) is 7. The summed E-state index contributed by atoms with van der Waals surface area (Å²) in [7, 11) is 0. The maximum absolute atomic E-state index is 12.2. The third-order valence-corrected chi connectivity index (χ3v) is 6.53. The number of aryl methyl sites for hydroxylation is 2. The van der Waals surface area contributed by atoms with Crippen LogP contribution in [-0.2, 0) is 22.4 Å². The summed E-state index contributed by atoms with van der Waals surface area (Å²) < 4.78 is 5.28. The summed E-state index contributed by atoms with van der Waals surface area (Å²) in [5, 5.41) is 1.64. The number of anilines is 1. The van der Waals surface area contributed by atoms with Gasteiger partial charge in [0.2, 0.25) is 5.91 Å². The van der Waals surface area contributed by atoms with E-state index in [-0.39, 0.29) is 5.91 Å². The molecule has 128 valence electrons. The molecule has 3 heterocycles. The Morgan fingerprint density at radius 2 is 2.04 bits per heavy atom. The topological polar surface area (TPSA) is 81.3 Å². The Morgan fingerprint density at radius 3 is 2.88 bits per heavy atom. The molecule has 24 heavy (non-hydrogen) atoms. The molecule has 4 rings (SSSR count). The first-order valence-corrected chi connectivity index (χ1v) is 10.1. The average Bonchev–Trinajstić information content (AvgIpc) is 2.99. The molecule has 0 atom stereocenters. The molecule has 1 aliphatic carbocycles. The maximum Gasteiger partial charge on any atom is 0.233 e. The van der Waals surface area contributed by atoms with Crippen LogP contribution in [0.2, 0.25) is 0 Å². The van der Waals surface area contributed by atoms with Gasteiger partial charge < -0.3 is 15.4 Å². The van der Waals surface area contributed by atoms with Gasteiger partial charge in [-0.25, -0.2) is 9.97 Å². The second-order valence-electron chi connectivity index (χ2n) is 6.06. The summed E-state index contributed by atoms with van der Waals surface area (Å²) in [5.41, 5.74) is 7.55. The minimum Gasteiger partial charge on any atom is -0.383 e. The van der Waals surface area contributed by atoms with Gasteiger partial charge in [0.05, 0.1) is 24.4 Å². The summed E-state index contributed by atoms with van der Waals surface area (Å²) in [6.45, 7) is 2.57. The second-order valence-corrected chi connectivity index (χ2v) is 8.09. The van der Waals surface area contributed by atoms with Crippen molar-refractivity contribution in [2.75, 3.05) is 37.8 Å². The molecule has 2 N–H and O–H groups in total. The molecule has 0 spiro atoms. The SMILES string of the molecule is Nc1nc(SCC(=O)N2CCOCC2)nc2sc3c(c12)CCCC3. The van der Waals surface area contributed by atoms with E-state index >= 15 is 0 Å². The third-order valence-electron chi connectivity index (χ3n) is 4.51. The van der Waals surface area contributed by atoms with Crippen LogP contribution in [0.3, 0.4) is 0 Å². The van der Waals surface area contributed by atoms with E-state index < -0.39 is 0 Å². The zero-order valence-corrected chi connectivity index (χ0v) is 15.0. The molecule has 2 aliphatic rings. The zero-order chi connectivity index (χ0) is 16.5. The molecule has 0 unspecified atom stereocenters. The first-order valence-electron chi connectivity index (χ1n) is 8.28. The van der Waals surface area contributed by atoms with E-state index in [0.717, 1.165) is 23.1 Å². The minimum atomic E-state index is 0.107. The highest BCUT2D eigenvalue weighted by molar-refractivity contribution is 7.99. The van der Waals surface area contributed by atoms with Crippen molar-refractivity contribution in [3.05, 3.63) is 10.4 Å². The number of thiophene rings is 1. The number of rotatable bonds is 3. The number of nitrogen functional groups attached to an aromatic ring is 1. The third kappa shape index (κ3) is 3.10. The molecule has 1 aliphatic heterocycles. The van der Waals surface area contributed by atoms with Gasteiger partial charge in [0.25, 0.3) is 0 Å². The summed E-state index contributed by atoms with van der Waals surface area (Å²) in [4.78, 5) is 25.5. The van der Waals surface area contributed by atoms with E-state index in [0.29, 0.717) is 43.0 Å². The molecule has 0 radical (unpaired) electrons. The van der Waals surface area contributed by atoms with Crippen molar-refractivity contribution in [1.82, 2.24) is 14.9 Å². The highest BCUT2D eigenvalue weighted by Gasteiger charge is 2.21. The normalized spacial score (nSPS) is 17.9. The molecule has 1 fully saturated rings. The Labute approximate surface area is 148 Å². The number of nitrogens with two attached hydrogens (primary N) is 1. The molecule has 0 bridgehead atoms. The smallest absolute Gasteiger partial charge is 0.233 e. The molecule has 2 aromatic rings. The van der Waals surface area contributed by atoms with Crippen LogP contribution in [0.4, 0.5) is 5.82 Å². The molecule has 0 aromatic carbocycles. The highest BCUT2D eigenvalue weighted by Crippen LogP contribution is 2.38. The molecule has 6 nitrogen and oxygen atoms in total. The van der Waals surface area contributed by atoms with Crippen molar-refractivity contribution in [3.63, 3.8) is 0 Å². The van der Waals surface area contributed by atoms with E-state index in [4.69, 9.17) is 10.5 Å². The van der Waals surface area contributed by atoms with Gasteiger partial charge in [-0.3, -0.25) is 4.79 Å². The predicted molar refractivity (Wildman–Crippen MR) is 96.6 cm³/mol. The quantitative estimate of drug-likeness (QED) is 0.663. The fraction of sp³-hybridized carbons (Fsp3) is 0.562. The van der Waals surface area contributed by atoms with Crippen LogP contribution in [0.1, 0.15) is 23.3 Å². The van der Waals surface area contributed by atoms with E-state index in [2.05, 4.69) is 9.97 Å². The number of amides is 1. The highest BCUT2D eigenvalue weighted by atomic mass is 32.2. The number of fused-ring (bicyclic) bond motifs is 3. The van der Waals surface area contributed by atoms with E-state index in [1.807, 2.05) is 4.90 Å². The average molecular weight is 364 g/mol. The van der Waals surface area contributed by atoms with Crippen LogP contribution in [0.5, 0.6) is 0 Å². The van der Waals surface area contributed by atoms with E-state index in [1.165, 1.54) is 35.0 Å². The van der Waals surface area contributed by atoms with Gasteiger partial charge in [0, 0.05) is 18.0 Å². The predicted octanol–water partition coefficient (Wildman–Crippen LogP) is 2.10. The lowest BCUT2D eigenvalue weighted by Gasteiger charge is -2.26. The van der Waals surface area contributed by atoms with Crippen molar-refractivity contribution in [1.29, 1.82) is 0 Å². The summed E-state index contributed by atoms with van der Waals surface area (Å²) >= 11 is 3.10. The zero-order valence-electron chi connectivity index (χ0n) is 13.4. The van der Waals surface area contributed by atoms with Crippen LogP contribution in [-0.4, -0.2) is 52.8 Å². The lowest BCUT2D eigenvalue weighted by Crippen LogP contribution is -2.41. The lowest BCUT2D eigenvalue weighted by molar-refractivity contribution is -0.132. The first-order chi connectivity index (χ1) is 11.7. The summed E-state index contributed by atoms with van der Waals surface area (Å²) in [5.74, 6) is 1.01. The van der Waals surface area contributed by atoms with Crippen molar-refractivity contribution >= 4 is 45.0 Å². The van der Waals surface area contributed by atoms with Gasteiger partial charge in [-0.1, -0.05) is 11.8 Å². The van der Waals surface area contributed by atoms with E-state index in [1.54, 1.807) is 11.3 Å². The Hall–Kier alpha value is -1.38. The number of nitrogens with zero attached hydrogens (tertiary/aromatic N) is 3. The standard InChI is InChI=1S/C16H20N4O2S2/c17-14-13-10-3-1-2-4-11(10)24-15(13)19-16(18-14)23-9-12(21)20-5-7-22-8-6-20/h1-9H2,(H2,17,18,19). The van der Waals surface area contributed by atoms with Crippen molar-refractivity contribution in [2.45, 2.75) is 30.8 Å². The number of thioether (sulfide) groups is 1. The van der Waals surface area contributed by atoms with Crippen LogP contribution < -0.4 is 5.73 Å². The number of morpholine rings is 1. The Balaban J connectivity index is 1.51. The Morgan fingerprint density at radius 1 is 1.25 bits per heavy atom. The molecular weight excluding hydrogens is 344 g/mol. The number of ether oxygens (including phenoxy) is 1. The van der Waals surface area contributed by atoms with Gasteiger partial charge in [-0.2, -0.15) is 0 Å². The number of carbonyl (C=O) groups excluding carboxylic acids is 1.